The molecule has 0 bridgehead atoms. The Morgan fingerprint density at radius 1 is 1.07 bits per heavy atom. The van der Waals surface area contributed by atoms with E-state index in [0.717, 1.165) is 0 Å². The van der Waals surface area contributed by atoms with Gasteiger partial charge in [0, 0.05) is 5.69 Å². The van der Waals surface area contributed by atoms with Crippen LogP contribution in [0.25, 0.3) is 0 Å². The zero-order valence-electron chi connectivity index (χ0n) is 13.6. The first-order valence-corrected chi connectivity index (χ1v) is 7.54. The molecular formula is C16H12ClF2N3O5. The topological polar surface area (TPSA) is 117 Å². The molecule has 11 heteroatoms. The van der Waals surface area contributed by atoms with Crippen LogP contribution >= 0.6 is 11.6 Å². The lowest BCUT2D eigenvalue weighted by molar-refractivity contribution is 0.0966. The van der Waals surface area contributed by atoms with Gasteiger partial charge in [0.1, 0.15) is 5.75 Å². The molecule has 0 aliphatic carbocycles. The SMILES string of the molecule is COc1ccc(NC(=O)O)cc1NC(=O)NC(=O)c1cc(F)c(F)cc1Cl. The number of carbonyl (C=O) groups is 3. The number of urea groups is 1. The molecule has 0 aliphatic rings. The summed E-state index contributed by atoms with van der Waals surface area (Å²) in [5.74, 6) is -3.44. The van der Waals surface area contributed by atoms with Gasteiger partial charge in [-0.2, -0.15) is 0 Å². The summed E-state index contributed by atoms with van der Waals surface area (Å²) in [6.07, 6.45) is -1.32. The third kappa shape index (κ3) is 5.05. The Labute approximate surface area is 156 Å². The maximum atomic E-state index is 13.3. The van der Waals surface area contributed by atoms with Crippen molar-refractivity contribution in [3.05, 3.63) is 52.6 Å². The highest BCUT2D eigenvalue weighted by molar-refractivity contribution is 6.34. The highest BCUT2D eigenvalue weighted by Gasteiger charge is 2.18. The summed E-state index contributed by atoms with van der Waals surface area (Å²) in [5.41, 5.74) is -0.266. The number of benzene rings is 2. The second-order valence-corrected chi connectivity index (χ2v) is 5.41. The molecule has 27 heavy (non-hydrogen) atoms. The minimum Gasteiger partial charge on any atom is -0.495 e. The van der Waals surface area contributed by atoms with Crippen molar-refractivity contribution in [2.75, 3.05) is 17.7 Å². The first-order valence-electron chi connectivity index (χ1n) is 7.16. The number of methoxy groups -OCH3 is 1. The number of rotatable bonds is 4. The normalized spacial score (nSPS) is 10.1. The number of nitrogens with one attached hydrogen (secondary N) is 3. The van der Waals surface area contributed by atoms with Crippen LogP contribution < -0.4 is 20.7 Å². The van der Waals surface area contributed by atoms with E-state index in [2.05, 4.69) is 10.6 Å². The zero-order valence-corrected chi connectivity index (χ0v) is 14.4. The van der Waals surface area contributed by atoms with Gasteiger partial charge in [-0.3, -0.25) is 15.4 Å². The molecule has 4 amide bonds. The molecular weight excluding hydrogens is 388 g/mol. The molecule has 0 aromatic heterocycles. The number of hydrogen-bond acceptors (Lipinski definition) is 4. The fourth-order valence-electron chi connectivity index (χ4n) is 2.03. The van der Waals surface area contributed by atoms with Crippen molar-refractivity contribution in [2.24, 2.45) is 0 Å². The number of hydrogen-bond donors (Lipinski definition) is 4. The summed E-state index contributed by atoms with van der Waals surface area (Å²) in [6, 6.07) is 4.15. The van der Waals surface area contributed by atoms with Gasteiger partial charge in [-0.05, 0) is 30.3 Å². The van der Waals surface area contributed by atoms with Crippen molar-refractivity contribution in [1.29, 1.82) is 0 Å². The van der Waals surface area contributed by atoms with Crippen LogP contribution in [-0.4, -0.2) is 30.2 Å². The van der Waals surface area contributed by atoms with Crippen molar-refractivity contribution >= 4 is 41.0 Å². The second-order valence-electron chi connectivity index (χ2n) is 5.00. The van der Waals surface area contributed by atoms with E-state index in [4.69, 9.17) is 21.4 Å². The molecule has 2 rings (SSSR count). The summed E-state index contributed by atoms with van der Waals surface area (Å²) in [5, 5.41) is 14.6. The van der Waals surface area contributed by atoms with Gasteiger partial charge >= 0.3 is 12.1 Å². The van der Waals surface area contributed by atoms with Gasteiger partial charge in [0.25, 0.3) is 5.91 Å². The summed E-state index contributed by atoms with van der Waals surface area (Å²) in [4.78, 5) is 34.7. The van der Waals surface area contributed by atoms with Crippen LogP contribution in [-0.2, 0) is 0 Å². The van der Waals surface area contributed by atoms with Crippen LogP contribution in [0.15, 0.2) is 30.3 Å². The van der Waals surface area contributed by atoms with Crippen molar-refractivity contribution in [2.45, 2.75) is 0 Å². The molecule has 0 saturated carbocycles. The molecule has 8 nitrogen and oxygen atoms in total. The van der Waals surface area contributed by atoms with Gasteiger partial charge in [0.05, 0.1) is 23.4 Å². The predicted molar refractivity (Wildman–Crippen MR) is 92.5 cm³/mol. The van der Waals surface area contributed by atoms with Crippen LogP contribution in [0.3, 0.4) is 0 Å². The zero-order chi connectivity index (χ0) is 20.1. The van der Waals surface area contributed by atoms with Crippen LogP contribution in [0.5, 0.6) is 5.75 Å². The number of carboxylic acid groups (broad SMARTS) is 1. The number of halogens is 3. The maximum Gasteiger partial charge on any atom is 0.409 e. The highest BCUT2D eigenvalue weighted by Crippen LogP contribution is 2.28. The highest BCUT2D eigenvalue weighted by atomic mass is 35.5. The number of ether oxygens (including phenoxy) is 1. The molecule has 0 fully saturated rings. The largest absolute Gasteiger partial charge is 0.495 e. The lowest BCUT2D eigenvalue weighted by Crippen LogP contribution is -2.34. The van der Waals surface area contributed by atoms with Gasteiger partial charge in [-0.25, -0.2) is 18.4 Å². The molecule has 4 N–H and O–H groups in total. The molecule has 0 radical (unpaired) electrons. The van der Waals surface area contributed by atoms with Crippen molar-refractivity contribution in [1.82, 2.24) is 5.32 Å². The first-order chi connectivity index (χ1) is 12.7. The molecule has 0 unspecified atom stereocenters. The quantitative estimate of drug-likeness (QED) is 0.585. The smallest absolute Gasteiger partial charge is 0.409 e. The number of anilines is 2. The fourth-order valence-corrected chi connectivity index (χ4v) is 2.26. The third-order valence-corrected chi connectivity index (χ3v) is 3.49. The summed E-state index contributed by atoms with van der Waals surface area (Å²) >= 11 is 5.67. The lowest BCUT2D eigenvalue weighted by atomic mass is 10.2. The Hall–Kier alpha value is -3.40. The van der Waals surface area contributed by atoms with E-state index < -0.39 is 35.2 Å². The monoisotopic (exact) mass is 399 g/mol. The Kier molecular flexibility index (Phi) is 6.14. The summed E-state index contributed by atoms with van der Waals surface area (Å²) in [6.45, 7) is 0. The number of amides is 4. The maximum absolute atomic E-state index is 13.3. The van der Waals surface area contributed by atoms with Gasteiger partial charge < -0.3 is 15.2 Å². The number of imide groups is 1. The Bertz CT molecular complexity index is 923. The average molecular weight is 400 g/mol. The first kappa shape index (κ1) is 19.9. The standard InChI is InChI=1S/C16H12ClF2N3O5/c1-27-13-3-2-7(20-16(25)26)4-12(13)21-15(24)22-14(23)8-5-10(18)11(19)6-9(8)17/h2-6,20H,1H3,(H,25,26)(H2,21,22,23,24). The minimum absolute atomic E-state index is 0.0467. The molecule has 0 spiro atoms. The molecule has 0 aliphatic heterocycles. The second kappa shape index (κ2) is 8.32. The minimum atomic E-state index is -1.32. The summed E-state index contributed by atoms with van der Waals surface area (Å²) < 4.78 is 31.3. The van der Waals surface area contributed by atoms with E-state index in [1.54, 1.807) is 0 Å². The summed E-state index contributed by atoms with van der Waals surface area (Å²) in [7, 11) is 1.31. The van der Waals surface area contributed by atoms with Crippen LogP contribution in [0.4, 0.5) is 29.7 Å². The molecule has 0 atom stereocenters. The predicted octanol–water partition coefficient (Wildman–Crippen LogP) is 3.68. The van der Waals surface area contributed by atoms with E-state index in [0.29, 0.717) is 12.1 Å². The Morgan fingerprint density at radius 2 is 1.74 bits per heavy atom. The van der Waals surface area contributed by atoms with Gasteiger partial charge in [-0.1, -0.05) is 11.6 Å². The van der Waals surface area contributed by atoms with Crippen LogP contribution in [0, 0.1) is 11.6 Å². The molecule has 2 aromatic rings. The molecule has 0 saturated heterocycles. The van der Waals surface area contributed by atoms with Gasteiger partial charge in [-0.15, -0.1) is 0 Å². The van der Waals surface area contributed by atoms with Crippen LogP contribution in [0.1, 0.15) is 10.4 Å². The lowest BCUT2D eigenvalue weighted by Gasteiger charge is -2.12. The number of carbonyl (C=O) groups excluding carboxylic acids is 2. The molecule has 0 heterocycles. The van der Waals surface area contributed by atoms with Crippen molar-refractivity contribution in [3.63, 3.8) is 0 Å². The van der Waals surface area contributed by atoms with Crippen LogP contribution in [0.2, 0.25) is 5.02 Å². The van der Waals surface area contributed by atoms with Crippen molar-refractivity contribution < 1.29 is 33.0 Å². The Morgan fingerprint density at radius 3 is 2.37 bits per heavy atom. The van der Waals surface area contributed by atoms with E-state index >= 15 is 0 Å². The van der Waals surface area contributed by atoms with E-state index in [9.17, 15) is 23.2 Å². The third-order valence-electron chi connectivity index (χ3n) is 3.18. The molecule has 2 aromatic carbocycles. The van der Waals surface area contributed by atoms with E-state index in [-0.39, 0.29) is 22.1 Å². The van der Waals surface area contributed by atoms with E-state index in [1.165, 1.54) is 25.3 Å². The average Bonchev–Trinajstić information content (AvgIpc) is 2.57. The fraction of sp³-hybridized carbons (Fsp3) is 0.0625. The van der Waals surface area contributed by atoms with Crippen molar-refractivity contribution in [3.8, 4) is 5.75 Å². The molecule has 142 valence electrons. The van der Waals surface area contributed by atoms with Gasteiger partial charge in [0.15, 0.2) is 11.6 Å². The van der Waals surface area contributed by atoms with Gasteiger partial charge in [0.2, 0.25) is 0 Å². The van der Waals surface area contributed by atoms with E-state index in [1.807, 2.05) is 5.32 Å². The Balaban J connectivity index is 2.16.